The number of aliphatic hydroxyl groups is 3. The van der Waals surface area contributed by atoms with E-state index in [0.717, 1.165) is 12.0 Å². The predicted octanol–water partition coefficient (Wildman–Crippen LogP) is 3.80. The van der Waals surface area contributed by atoms with Crippen LogP contribution in [-0.4, -0.2) is 51.5 Å². The van der Waals surface area contributed by atoms with Crippen molar-refractivity contribution in [2.45, 2.75) is 71.7 Å². The van der Waals surface area contributed by atoms with Crippen LogP contribution >= 0.6 is 0 Å². The first kappa shape index (κ1) is 25.4. The molecule has 3 N–H and O–H groups in total. The highest BCUT2D eigenvalue weighted by Crippen LogP contribution is 2.71. The number of esters is 1. The van der Waals surface area contributed by atoms with Crippen LogP contribution in [0.3, 0.4) is 0 Å². The second-order valence-electron chi connectivity index (χ2n) is 12.4. The normalized spacial score (nSPS) is 40.4. The first-order valence-corrected chi connectivity index (χ1v) is 13.1. The molecule has 0 heterocycles. The van der Waals surface area contributed by atoms with Crippen molar-refractivity contribution in [1.82, 2.24) is 0 Å². The summed E-state index contributed by atoms with van der Waals surface area (Å²) in [6, 6.07) is 7.19. The highest BCUT2D eigenvalue weighted by molar-refractivity contribution is 5.96. The lowest BCUT2D eigenvalue weighted by Crippen LogP contribution is -2.65. The van der Waals surface area contributed by atoms with Crippen LogP contribution in [0.25, 0.3) is 0 Å². The lowest BCUT2D eigenvalue weighted by atomic mass is 9.59. The second kappa shape index (κ2) is 8.11. The molecule has 1 spiro atoms. The number of rotatable bonds is 4. The van der Waals surface area contributed by atoms with Crippen LogP contribution in [0, 0.1) is 34.5 Å². The van der Waals surface area contributed by atoms with Gasteiger partial charge in [0.25, 0.3) is 0 Å². The van der Waals surface area contributed by atoms with E-state index < -0.39 is 41.7 Å². The number of hydrogen-bond donors (Lipinski definition) is 3. The summed E-state index contributed by atoms with van der Waals surface area (Å²) >= 11 is 0. The fourth-order valence-corrected chi connectivity index (χ4v) is 7.95. The van der Waals surface area contributed by atoms with Crippen LogP contribution in [-0.2, 0) is 9.53 Å². The Labute approximate surface area is 213 Å². The van der Waals surface area contributed by atoms with Crippen molar-refractivity contribution in [3.8, 4) is 0 Å². The maximum Gasteiger partial charge on any atom is 0.339 e. The first-order valence-electron chi connectivity index (χ1n) is 13.1. The van der Waals surface area contributed by atoms with Crippen LogP contribution in [0.15, 0.2) is 47.6 Å². The van der Waals surface area contributed by atoms with Crippen molar-refractivity contribution in [2.24, 2.45) is 34.5 Å². The highest BCUT2D eigenvalue weighted by atomic mass is 16.6. The Morgan fingerprint density at radius 2 is 1.89 bits per heavy atom. The number of ether oxygens (including phenoxy) is 1. The van der Waals surface area contributed by atoms with Crippen LogP contribution in [0.1, 0.15) is 69.8 Å². The molecule has 36 heavy (non-hydrogen) atoms. The van der Waals surface area contributed by atoms with Gasteiger partial charge in [0.1, 0.15) is 6.10 Å². The van der Waals surface area contributed by atoms with Gasteiger partial charge in [0, 0.05) is 5.92 Å². The summed E-state index contributed by atoms with van der Waals surface area (Å²) in [7, 11) is 0. The maximum absolute atomic E-state index is 14.4. The van der Waals surface area contributed by atoms with Gasteiger partial charge in [-0.3, -0.25) is 4.79 Å². The summed E-state index contributed by atoms with van der Waals surface area (Å²) in [4.78, 5) is 27.9. The van der Waals surface area contributed by atoms with E-state index in [-0.39, 0.29) is 34.5 Å². The van der Waals surface area contributed by atoms with Crippen LogP contribution in [0.4, 0.5) is 0 Å². The Balaban J connectivity index is 1.63. The van der Waals surface area contributed by atoms with Gasteiger partial charge in [-0.25, -0.2) is 4.79 Å². The van der Waals surface area contributed by atoms with Gasteiger partial charge in [-0.2, -0.15) is 0 Å². The zero-order valence-electron chi connectivity index (χ0n) is 22.0. The molecular weight excluding hydrogens is 456 g/mol. The molecule has 1 aromatic rings. The molecule has 0 aliphatic heterocycles. The third-order valence-corrected chi connectivity index (χ3v) is 9.92. The molecule has 5 rings (SSSR count). The molecule has 2 bridgehead atoms. The van der Waals surface area contributed by atoms with E-state index >= 15 is 0 Å². The Morgan fingerprint density at radius 3 is 2.53 bits per heavy atom. The zero-order chi connectivity index (χ0) is 26.4. The van der Waals surface area contributed by atoms with Crippen molar-refractivity contribution in [1.29, 1.82) is 0 Å². The average Bonchev–Trinajstić information content (AvgIpc) is 3.32. The quantitative estimate of drug-likeness (QED) is 0.435. The molecule has 6 heteroatoms. The number of allylic oxidation sites excluding steroid dienone is 1. The molecule has 8 atom stereocenters. The molecule has 4 aliphatic rings. The zero-order valence-corrected chi connectivity index (χ0v) is 22.0. The van der Waals surface area contributed by atoms with E-state index in [1.54, 1.807) is 31.2 Å². The number of benzene rings is 1. The lowest BCUT2D eigenvalue weighted by Gasteiger charge is -2.48. The Kier molecular flexibility index (Phi) is 5.71. The van der Waals surface area contributed by atoms with Gasteiger partial charge in [-0.15, -0.1) is 0 Å². The Morgan fingerprint density at radius 1 is 1.22 bits per heavy atom. The highest BCUT2D eigenvalue weighted by Gasteiger charge is 2.76. The largest absolute Gasteiger partial charge is 0.451 e. The molecule has 0 saturated heterocycles. The Bertz CT molecular complexity index is 1180. The van der Waals surface area contributed by atoms with Crippen molar-refractivity contribution < 1.29 is 29.6 Å². The van der Waals surface area contributed by atoms with Crippen LogP contribution < -0.4 is 0 Å². The van der Waals surface area contributed by atoms with E-state index in [2.05, 4.69) is 13.8 Å². The number of ketones is 1. The fraction of sp³-hybridized carbons (Fsp3) is 0.600. The van der Waals surface area contributed by atoms with Crippen molar-refractivity contribution in [2.75, 3.05) is 6.61 Å². The SMILES string of the molecule is CC1=CC23C(=O)[C@@H](C=C(CO)[C@@H](O)[C@]2(O)[C@H]1OC(=O)c1ccccc1C(C)C)[C@@H]1[C@@H](CC3C)C1(C)C. The monoisotopic (exact) mass is 494 g/mol. The molecule has 2 saturated carbocycles. The Hall–Kier alpha value is -2.28. The third-order valence-electron chi connectivity index (χ3n) is 9.92. The molecule has 6 nitrogen and oxygen atoms in total. The van der Waals surface area contributed by atoms with Crippen LogP contribution in [0.2, 0.25) is 0 Å². The van der Waals surface area contributed by atoms with Crippen LogP contribution in [0.5, 0.6) is 0 Å². The molecule has 2 unspecified atom stereocenters. The second-order valence-corrected chi connectivity index (χ2v) is 12.4. The van der Waals surface area contributed by atoms with Crippen molar-refractivity contribution in [3.05, 3.63) is 58.7 Å². The summed E-state index contributed by atoms with van der Waals surface area (Å²) in [6.07, 6.45) is 1.37. The minimum absolute atomic E-state index is 0.0372. The third kappa shape index (κ3) is 3.07. The fourth-order valence-electron chi connectivity index (χ4n) is 7.95. The lowest BCUT2D eigenvalue weighted by molar-refractivity contribution is -0.190. The van der Waals surface area contributed by atoms with Gasteiger partial charge >= 0.3 is 5.97 Å². The summed E-state index contributed by atoms with van der Waals surface area (Å²) in [6.45, 7) is 11.5. The molecule has 1 aromatic carbocycles. The topological polar surface area (TPSA) is 104 Å². The van der Waals surface area contributed by atoms with Crippen molar-refractivity contribution in [3.63, 3.8) is 0 Å². The average molecular weight is 495 g/mol. The summed E-state index contributed by atoms with van der Waals surface area (Å²) in [5.41, 5.74) is -1.62. The molecule has 0 radical (unpaired) electrons. The molecule has 194 valence electrons. The van der Waals surface area contributed by atoms with E-state index in [1.807, 2.05) is 32.9 Å². The molecular formula is C30H38O6. The van der Waals surface area contributed by atoms with Crippen molar-refractivity contribution >= 4 is 11.8 Å². The van der Waals surface area contributed by atoms with E-state index in [0.29, 0.717) is 17.1 Å². The van der Waals surface area contributed by atoms with E-state index in [9.17, 15) is 24.9 Å². The standard InChI is InChI=1S/C30H38O6/c1-15(2)19-9-7-8-10-20(19)27(34)36-26-16(3)13-29-17(4)11-22-23(28(22,5)6)21(25(29)33)12-18(14-31)24(32)30(26,29)35/h7-10,12-13,15,17,21-24,26,31-32,35H,11,14H2,1-6H3/t17?,21-,22+,23+,24+,26-,29?,30-/m0/s1. The van der Waals surface area contributed by atoms with Gasteiger partial charge in [0.2, 0.25) is 0 Å². The molecule has 4 aliphatic carbocycles. The summed E-state index contributed by atoms with van der Waals surface area (Å²) in [5, 5.41) is 34.4. The smallest absolute Gasteiger partial charge is 0.339 e. The molecule has 2 fully saturated rings. The summed E-state index contributed by atoms with van der Waals surface area (Å²) < 4.78 is 6.02. The van der Waals surface area contributed by atoms with Gasteiger partial charge < -0.3 is 20.1 Å². The number of fused-ring (bicyclic) bond motifs is 3. The number of aliphatic hydroxyl groups excluding tert-OH is 2. The number of Topliss-reactive ketones (excluding diaryl/α,β-unsaturated/α-hetero) is 1. The van der Waals surface area contributed by atoms with E-state index in [1.165, 1.54) is 0 Å². The molecule has 0 amide bonds. The maximum atomic E-state index is 14.4. The number of carbonyl (C=O) groups excluding carboxylic acids is 2. The number of carbonyl (C=O) groups is 2. The van der Waals surface area contributed by atoms with Gasteiger partial charge in [0.05, 0.1) is 17.6 Å². The first-order chi connectivity index (χ1) is 16.8. The molecule has 0 aromatic heterocycles. The predicted molar refractivity (Wildman–Crippen MR) is 135 cm³/mol. The van der Waals surface area contributed by atoms with Gasteiger partial charge in [0.15, 0.2) is 17.5 Å². The van der Waals surface area contributed by atoms with E-state index in [4.69, 9.17) is 4.74 Å². The summed E-state index contributed by atoms with van der Waals surface area (Å²) in [5.74, 6) is -1.13. The number of hydrogen-bond acceptors (Lipinski definition) is 6. The minimum Gasteiger partial charge on any atom is -0.451 e. The van der Waals surface area contributed by atoms with Gasteiger partial charge in [-0.05, 0) is 65.2 Å². The minimum atomic E-state index is -2.12. The van der Waals surface area contributed by atoms with Gasteiger partial charge in [-0.1, -0.05) is 65.0 Å².